The molecule has 1 amide bonds. The molecular formula is C26H28ClF3N4O3S. The van der Waals surface area contributed by atoms with E-state index in [9.17, 15) is 18.0 Å². The molecule has 0 bridgehead atoms. The number of allylic oxidation sites excluding steroid dienone is 1. The molecule has 3 heterocycles. The number of aromatic nitrogens is 2. The quantitative estimate of drug-likeness (QED) is 0.240. The third kappa shape index (κ3) is 6.22. The van der Waals surface area contributed by atoms with Gasteiger partial charge >= 0.3 is 6.18 Å². The van der Waals surface area contributed by atoms with Crippen molar-refractivity contribution >= 4 is 39.7 Å². The zero-order valence-corrected chi connectivity index (χ0v) is 22.6. The fraction of sp³-hybridized carbons (Fsp3) is 0.423. The van der Waals surface area contributed by atoms with Crippen LogP contribution in [0.3, 0.4) is 0 Å². The molecule has 1 fully saturated rings. The van der Waals surface area contributed by atoms with E-state index in [-0.39, 0.29) is 27.7 Å². The number of nitrogens with one attached hydrogen (secondary N) is 1. The highest BCUT2D eigenvalue weighted by atomic mass is 35.5. The first-order valence-corrected chi connectivity index (χ1v) is 13.3. The van der Waals surface area contributed by atoms with Crippen molar-refractivity contribution in [2.45, 2.75) is 44.0 Å². The van der Waals surface area contributed by atoms with E-state index in [1.165, 1.54) is 7.11 Å². The van der Waals surface area contributed by atoms with Crippen LogP contribution in [-0.2, 0) is 11.0 Å². The van der Waals surface area contributed by atoms with Crippen molar-refractivity contribution in [2.75, 3.05) is 27.2 Å². The monoisotopic (exact) mass is 568 g/mol. The number of hydrogen-bond donors (Lipinski definition) is 1. The molecule has 1 aliphatic heterocycles. The summed E-state index contributed by atoms with van der Waals surface area (Å²) >= 11 is 7.35. The summed E-state index contributed by atoms with van der Waals surface area (Å²) in [5.41, 5.74) is -0.477. The van der Waals surface area contributed by atoms with Gasteiger partial charge in [-0.05, 0) is 31.4 Å². The van der Waals surface area contributed by atoms with Gasteiger partial charge in [0.1, 0.15) is 33.3 Å². The number of benzene rings is 1. The number of hydrogen-bond acceptors (Lipinski definition) is 7. The molecule has 12 heteroatoms. The van der Waals surface area contributed by atoms with Gasteiger partial charge in [0.15, 0.2) is 5.69 Å². The van der Waals surface area contributed by atoms with E-state index in [1.807, 2.05) is 6.08 Å². The van der Waals surface area contributed by atoms with Gasteiger partial charge in [-0.25, -0.2) is 9.97 Å². The molecule has 1 saturated heterocycles. The number of carbonyl (C=O) groups is 1. The maximum absolute atomic E-state index is 13.2. The standard InChI is InChI=1S/C26H28ClF3N4O3S/c1-4-5-6-7-10-34(2)25(35)18-11-15(13-31-18)37-20-12-17(24-33-21(14-38-24)26(28,29)30)32-23-16(20)8-9-19(36-3)22(23)27/h4,8-9,12,14-15,18,31H,1,5-7,10-11,13H2,2-3H3/t15-,18?/m0/s1. The van der Waals surface area contributed by atoms with E-state index >= 15 is 0 Å². The Labute approximate surface area is 227 Å². The topological polar surface area (TPSA) is 76.6 Å². The van der Waals surface area contributed by atoms with Gasteiger partial charge in [-0.2, -0.15) is 13.2 Å². The number of ether oxygens (including phenoxy) is 2. The normalized spacial score (nSPS) is 17.5. The van der Waals surface area contributed by atoms with Gasteiger partial charge in [-0.1, -0.05) is 17.7 Å². The van der Waals surface area contributed by atoms with Crippen molar-refractivity contribution in [3.63, 3.8) is 0 Å². The zero-order chi connectivity index (χ0) is 27.4. The molecule has 2 aromatic heterocycles. The molecular weight excluding hydrogens is 541 g/mol. The van der Waals surface area contributed by atoms with E-state index in [1.54, 1.807) is 30.1 Å². The van der Waals surface area contributed by atoms with Crippen LogP contribution in [0, 0.1) is 0 Å². The van der Waals surface area contributed by atoms with Gasteiger partial charge in [-0.3, -0.25) is 4.79 Å². The highest BCUT2D eigenvalue weighted by Gasteiger charge is 2.35. The van der Waals surface area contributed by atoms with Crippen LogP contribution in [-0.4, -0.2) is 60.2 Å². The van der Waals surface area contributed by atoms with Crippen LogP contribution >= 0.6 is 22.9 Å². The molecule has 7 nitrogen and oxygen atoms in total. The molecule has 1 unspecified atom stereocenters. The molecule has 1 aromatic carbocycles. The second-order valence-corrected chi connectivity index (χ2v) is 10.2. The highest BCUT2D eigenvalue weighted by molar-refractivity contribution is 7.13. The molecule has 1 aliphatic rings. The maximum Gasteiger partial charge on any atom is 0.434 e. The molecule has 1 N–H and O–H groups in total. The lowest BCUT2D eigenvalue weighted by molar-refractivity contribution is -0.140. The van der Waals surface area contributed by atoms with Gasteiger partial charge < -0.3 is 19.7 Å². The molecule has 0 aliphatic carbocycles. The number of methoxy groups -OCH3 is 1. The SMILES string of the molecule is C=CCCCCN(C)C(=O)C1C[C@H](Oc2cc(-c3nc(C(F)(F)F)cs3)nc3c(Cl)c(OC)ccc23)CN1. The largest absolute Gasteiger partial charge is 0.495 e. The van der Waals surface area contributed by atoms with Crippen molar-refractivity contribution in [1.82, 2.24) is 20.2 Å². The van der Waals surface area contributed by atoms with E-state index in [2.05, 4.69) is 21.9 Å². The lowest BCUT2D eigenvalue weighted by atomic mass is 10.1. The first kappa shape index (κ1) is 28.1. The van der Waals surface area contributed by atoms with Crippen LogP contribution in [0.25, 0.3) is 21.6 Å². The molecule has 0 saturated carbocycles. The summed E-state index contributed by atoms with van der Waals surface area (Å²) in [6.07, 6.45) is 0.165. The van der Waals surface area contributed by atoms with Crippen molar-refractivity contribution in [2.24, 2.45) is 0 Å². The minimum atomic E-state index is -4.57. The Morgan fingerprint density at radius 3 is 2.79 bits per heavy atom. The van der Waals surface area contributed by atoms with Gasteiger partial charge in [0.2, 0.25) is 5.91 Å². The Hall–Kier alpha value is -2.89. The number of alkyl halides is 3. The average molecular weight is 569 g/mol. The third-order valence-electron chi connectivity index (χ3n) is 6.29. The van der Waals surface area contributed by atoms with Crippen LogP contribution in [0.2, 0.25) is 5.02 Å². The summed E-state index contributed by atoms with van der Waals surface area (Å²) in [6, 6.07) is 4.57. The summed E-state index contributed by atoms with van der Waals surface area (Å²) in [4.78, 5) is 22.8. The smallest absolute Gasteiger partial charge is 0.434 e. The fourth-order valence-corrected chi connectivity index (χ4v) is 5.34. The Morgan fingerprint density at radius 2 is 2.11 bits per heavy atom. The average Bonchev–Trinajstić information content (AvgIpc) is 3.57. The minimum absolute atomic E-state index is 0.00905. The molecule has 204 valence electrons. The van der Waals surface area contributed by atoms with Crippen LogP contribution in [0.5, 0.6) is 11.5 Å². The second-order valence-electron chi connectivity index (χ2n) is 9.00. The van der Waals surface area contributed by atoms with E-state index in [0.717, 1.165) is 36.0 Å². The van der Waals surface area contributed by atoms with Gasteiger partial charge in [-0.15, -0.1) is 17.9 Å². The van der Waals surface area contributed by atoms with Crippen LogP contribution in [0.15, 0.2) is 36.2 Å². The molecule has 2 atom stereocenters. The predicted octanol–water partition coefficient (Wildman–Crippen LogP) is 5.96. The van der Waals surface area contributed by atoms with Gasteiger partial charge in [0, 0.05) is 43.4 Å². The summed E-state index contributed by atoms with van der Waals surface area (Å²) in [6.45, 7) is 4.80. The maximum atomic E-state index is 13.2. The Morgan fingerprint density at radius 1 is 1.32 bits per heavy atom. The highest BCUT2D eigenvalue weighted by Crippen LogP contribution is 2.40. The second kappa shape index (κ2) is 11.9. The summed E-state index contributed by atoms with van der Waals surface area (Å²) in [5.74, 6) is 0.746. The number of thiazole rings is 1. The predicted molar refractivity (Wildman–Crippen MR) is 142 cm³/mol. The summed E-state index contributed by atoms with van der Waals surface area (Å²) < 4.78 is 51.1. The fourth-order valence-electron chi connectivity index (χ4n) is 4.27. The minimum Gasteiger partial charge on any atom is -0.495 e. The number of nitrogens with zero attached hydrogens (tertiary/aromatic N) is 3. The van der Waals surface area contributed by atoms with Crippen molar-refractivity contribution in [3.05, 3.63) is 47.0 Å². The molecule has 0 radical (unpaired) electrons. The third-order valence-corrected chi connectivity index (χ3v) is 7.52. The number of halogens is 4. The Balaban J connectivity index is 1.58. The lowest BCUT2D eigenvalue weighted by Gasteiger charge is -2.21. The number of carbonyl (C=O) groups excluding carboxylic acids is 1. The van der Waals surface area contributed by atoms with E-state index in [4.69, 9.17) is 21.1 Å². The first-order chi connectivity index (χ1) is 18.1. The zero-order valence-electron chi connectivity index (χ0n) is 21.0. The summed E-state index contributed by atoms with van der Waals surface area (Å²) in [5, 5.41) is 5.03. The van der Waals surface area contributed by atoms with Gasteiger partial charge in [0.05, 0.1) is 18.7 Å². The lowest BCUT2D eigenvalue weighted by Crippen LogP contribution is -2.41. The number of amides is 1. The van der Waals surface area contributed by atoms with Crippen LogP contribution in [0.1, 0.15) is 31.4 Å². The number of pyridine rings is 1. The number of fused-ring (bicyclic) bond motifs is 1. The van der Waals surface area contributed by atoms with Crippen LogP contribution < -0.4 is 14.8 Å². The number of rotatable bonds is 10. The number of likely N-dealkylation sites (N-methyl/N-ethyl adjacent to an activating group) is 1. The van der Waals surface area contributed by atoms with E-state index in [0.29, 0.717) is 41.9 Å². The molecule has 4 rings (SSSR count). The van der Waals surface area contributed by atoms with Crippen molar-refractivity contribution < 1.29 is 27.4 Å². The molecule has 38 heavy (non-hydrogen) atoms. The van der Waals surface area contributed by atoms with Gasteiger partial charge in [0.25, 0.3) is 0 Å². The van der Waals surface area contributed by atoms with E-state index < -0.39 is 17.9 Å². The molecule has 3 aromatic rings. The van der Waals surface area contributed by atoms with Crippen molar-refractivity contribution in [1.29, 1.82) is 0 Å². The summed E-state index contributed by atoms with van der Waals surface area (Å²) in [7, 11) is 3.25. The Kier molecular flexibility index (Phi) is 8.79. The van der Waals surface area contributed by atoms with Crippen LogP contribution in [0.4, 0.5) is 13.2 Å². The first-order valence-electron chi connectivity index (χ1n) is 12.1. The van der Waals surface area contributed by atoms with Crippen molar-refractivity contribution in [3.8, 4) is 22.2 Å². The Bertz CT molecular complexity index is 1320. The number of unbranched alkanes of at least 4 members (excludes halogenated alkanes) is 2. The molecule has 0 spiro atoms.